The van der Waals surface area contributed by atoms with E-state index in [1.807, 2.05) is 0 Å². The van der Waals surface area contributed by atoms with E-state index < -0.39 is 0 Å². The summed E-state index contributed by atoms with van der Waals surface area (Å²) >= 11 is 0. The minimum absolute atomic E-state index is 0.686. The Hall–Kier alpha value is -1.18. The van der Waals surface area contributed by atoms with Gasteiger partial charge in [-0.1, -0.05) is 32.1 Å². The molecule has 0 unspecified atom stereocenters. The smallest absolute Gasteiger partial charge is 0.0367 e. The molecule has 116 valence electrons. The van der Waals surface area contributed by atoms with E-state index in [0.717, 1.165) is 0 Å². The molecule has 1 saturated heterocycles. The maximum Gasteiger partial charge on any atom is 0.0367 e. The summed E-state index contributed by atoms with van der Waals surface area (Å²) in [5.41, 5.74) is 2.71. The molecule has 0 spiro atoms. The molecule has 2 nitrogen and oxygen atoms in total. The largest absolute Gasteiger partial charge is 0.382 e. The van der Waals surface area contributed by atoms with E-state index in [0.29, 0.717) is 6.04 Å². The molecule has 0 amide bonds. The Labute approximate surface area is 129 Å². The Kier molecular flexibility index (Phi) is 5.42. The van der Waals surface area contributed by atoms with Gasteiger partial charge in [0.2, 0.25) is 0 Å². The fourth-order valence-corrected chi connectivity index (χ4v) is 3.76. The zero-order chi connectivity index (χ0) is 14.3. The van der Waals surface area contributed by atoms with Gasteiger partial charge in [-0.3, -0.25) is 0 Å². The summed E-state index contributed by atoms with van der Waals surface area (Å²) in [6, 6.07) is 9.85. The van der Waals surface area contributed by atoms with Gasteiger partial charge in [-0.15, -0.1) is 0 Å². The second kappa shape index (κ2) is 7.72. The first-order valence-electron chi connectivity index (χ1n) is 9.03. The second-order valence-electron chi connectivity index (χ2n) is 6.78. The van der Waals surface area contributed by atoms with Crippen molar-refractivity contribution < 1.29 is 0 Å². The molecule has 21 heavy (non-hydrogen) atoms. The summed E-state index contributed by atoms with van der Waals surface area (Å²) in [5.74, 6) is 0. The molecule has 1 aliphatic carbocycles. The lowest BCUT2D eigenvalue weighted by molar-refractivity contribution is 0.471. The van der Waals surface area contributed by atoms with Crippen molar-refractivity contribution >= 4 is 11.4 Å². The van der Waals surface area contributed by atoms with E-state index in [9.17, 15) is 0 Å². The van der Waals surface area contributed by atoms with Crippen molar-refractivity contribution in [2.75, 3.05) is 23.3 Å². The van der Waals surface area contributed by atoms with Gasteiger partial charge < -0.3 is 10.2 Å². The van der Waals surface area contributed by atoms with E-state index in [2.05, 4.69) is 34.5 Å². The number of anilines is 2. The van der Waals surface area contributed by atoms with Crippen LogP contribution in [0.25, 0.3) is 0 Å². The number of piperidine rings is 1. The van der Waals surface area contributed by atoms with Gasteiger partial charge in [-0.05, 0) is 56.4 Å². The molecular formula is C19H30N2. The number of benzene rings is 1. The maximum atomic E-state index is 3.76. The first-order valence-corrected chi connectivity index (χ1v) is 9.03. The van der Waals surface area contributed by atoms with Gasteiger partial charge in [0, 0.05) is 30.5 Å². The van der Waals surface area contributed by atoms with Crippen LogP contribution in [0, 0.1) is 0 Å². The van der Waals surface area contributed by atoms with Crippen molar-refractivity contribution in [3.05, 3.63) is 24.3 Å². The minimum Gasteiger partial charge on any atom is -0.382 e. The Balaban J connectivity index is 1.55. The molecule has 0 atom stereocenters. The van der Waals surface area contributed by atoms with Gasteiger partial charge >= 0.3 is 0 Å². The fraction of sp³-hybridized carbons (Fsp3) is 0.684. The summed E-state index contributed by atoms with van der Waals surface area (Å²) in [6.07, 6.45) is 13.9. The molecule has 0 radical (unpaired) electrons. The van der Waals surface area contributed by atoms with Crippen molar-refractivity contribution in [3.63, 3.8) is 0 Å². The van der Waals surface area contributed by atoms with Gasteiger partial charge in [-0.2, -0.15) is 0 Å². The van der Waals surface area contributed by atoms with Crippen LogP contribution in [0.4, 0.5) is 11.4 Å². The normalized spacial score (nSPS) is 21.6. The molecule has 1 N–H and O–H groups in total. The van der Waals surface area contributed by atoms with E-state index >= 15 is 0 Å². The van der Waals surface area contributed by atoms with Crippen molar-refractivity contribution in [1.29, 1.82) is 0 Å². The average molecular weight is 286 g/mol. The van der Waals surface area contributed by atoms with Crippen molar-refractivity contribution in [1.82, 2.24) is 0 Å². The molecule has 2 fully saturated rings. The minimum atomic E-state index is 0.686. The lowest BCUT2D eigenvalue weighted by Gasteiger charge is -2.29. The predicted molar refractivity (Wildman–Crippen MR) is 92.2 cm³/mol. The van der Waals surface area contributed by atoms with Crippen molar-refractivity contribution in [2.24, 2.45) is 0 Å². The molecule has 2 aliphatic rings. The number of hydrogen-bond donors (Lipinski definition) is 1. The Morgan fingerprint density at radius 1 is 0.714 bits per heavy atom. The number of rotatable bonds is 3. The molecule has 1 heterocycles. The van der Waals surface area contributed by atoms with Crippen LogP contribution in [0.5, 0.6) is 0 Å². The summed E-state index contributed by atoms with van der Waals surface area (Å²) in [7, 11) is 0. The molecular weight excluding hydrogens is 256 g/mol. The predicted octanol–water partition coefficient (Wildman–Crippen LogP) is 5.20. The van der Waals surface area contributed by atoms with Crippen LogP contribution >= 0.6 is 0 Å². The Morgan fingerprint density at radius 2 is 1.29 bits per heavy atom. The van der Waals surface area contributed by atoms with E-state index in [1.54, 1.807) is 0 Å². The highest BCUT2D eigenvalue weighted by Gasteiger charge is 2.13. The molecule has 0 bridgehead atoms. The summed E-state index contributed by atoms with van der Waals surface area (Å²) in [5, 5.41) is 3.76. The van der Waals surface area contributed by atoms with Crippen LogP contribution in [0.1, 0.15) is 64.2 Å². The first-order chi connectivity index (χ1) is 10.4. The number of nitrogens with one attached hydrogen (secondary N) is 1. The zero-order valence-corrected chi connectivity index (χ0v) is 13.3. The third-order valence-corrected chi connectivity index (χ3v) is 5.06. The molecule has 3 rings (SSSR count). The average Bonchev–Trinajstić information content (AvgIpc) is 2.51. The fourth-order valence-electron chi connectivity index (χ4n) is 3.76. The third kappa shape index (κ3) is 4.39. The molecule has 1 aromatic carbocycles. The van der Waals surface area contributed by atoms with Gasteiger partial charge in [-0.25, -0.2) is 0 Å². The SMILES string of the molecule is c1cc(N2CCCCC2)ccc1NC1CCCCCCC1. The zero-order valence-electron chi connectivity index (χ0n) is 13.3. The summed E-state index contributed by atoms with van der Waals surface area (Å²) in [6.45, 7) is 2.46. The van der Waals surface area contributed by atoms with Crippen LogP contribution < -0.4 is 10.2 Å². The molecule has 2 heteroatoms. The highest BCUT2D eigenvalue weighted by molar-refractivity contribution is 5.55. The van der Waals surface area contributed by atoms with Crippen molar-refractivity contribution in [3.8, 4) is 0 Å². The lowest BCUT2D eigenvalue weighted by atomic mass is 9.96. The summed E-state index contributed by atoms with van der Waals surface area (Å²) in [4.78, 5) is 2.53. The van der Waals surface area contributed by atoms with Crippen LogP contribution in [-0.2, 0) is 0 Å². The van der Waals surface area contributed by atoms with Crippen LogP contribution in [0.2, 0.25) is 0 Å². The first kappa shape index (κ1) is 14.7. The van der Waals surface area contributed by atoms with Crippen LogP contribution in [0.3, 0.4) is 0 Å². The highest BCUT2D eigenvalue weighted by Crippen LogP contribution is 2.24. The van der Waals surface area contributed by atoms with Gasteiger partial charge in [0.25, 0.3) is 0 Å². The van der Waals surface area contributed by atoms with E-state index in [-0.39, 0.29) is 0 Å². The molecule has 1 aliphatic heterocycles. The van der Waals surface area contributed by atoms with Gasteiger partial charge in [0.05, 0.1) is 0 Å². The van der Waals surface area contributed by atoms with E-state index in [4.69, 9.17) is 0 Å². The van der Waals surface area contributed by atoms with Gasteiger partial charge in [0.15, 0.2) is 0 Å². The quantitative estimate of drug-likeness (QED) is 0.821. The summed E-state index contributed by atoms with van der Waals surface area (Å²) < 4.78 is 0. The standard InChI is InChI=1S/C19H30N2/c1-2-5-9-17(10-6-3-1)20-18-11-13-19(14-12-18)21-15-7-4-8-16-21/h11-14,17,20H,1-10,15-16H2. The maximum absolute atomic E-state index is 3.76. The third-order valence-electron chi connectivity index (χ3n) is 5.06. The number of hydrogen-bond acceptors (Lipinski definition) is 2. The van der Waals surface area contributed by atoms with Crippen molar-refractivity contribution in [2.45, 2.75) is 70.3 Å². The topological polar surface area (TPSA) is 15.3 Å². The molecule has 1 saturated carbocycles. The van der Waals surface area contributed by atoms with Gasteiger partial charge in [0.1, 0.15) is 0 Å². The molecule has 1 aromatic rings. The monoisotopic (exact) mass is 286 g/mol. The Morgan fingerprint density at radius 3 is 1.95 bits per heavy atom. The Bertz CT molecular complexity index is 398. The second-order valence-corrected chi connectivity index (χ2v) is 6.78. The van der Waals surface area contributed by atoms with E-state index in [1.165, 1.54) is 88.7 Å². The lowest BCUT2D eigenvalue weighted by Crippen LogP contribution is -2.29. The molecule has 0 aromatic heterocycles. The highest BCUT2D eigenvalue weighted by atomic mass is 15.1. The number of nitrogens with zero attached hydrogens (tertiary/aromatic N) is 1. The van der Waals surface area contributed by atoms with Crippen LogP contribution in [-0.4, -0.2) is 19.1 Å². The van der Waals surface area contributed by atoms with Crippen LogP contribution in [0.15, 0.2) is 24.3 Å².